The monoisotopic (exact) mass is 1020 g/mol. The molecule has 0 rings (SSSR count). The van der Waals surface area contributed by atoms with Crippen LogP contribution in [-0.4, -0.2) is 140 Å². The van der Waals surface area contributed by atoms with Crippen LogP contribution in [0.15, 0.2) is 0 Å². The van der Waals surface area contributed by atoms with Gasteiger partial charge in [0.15, 0.2) is 0 Å². The molecule has 0 atom stereocenters. The minimum atomic E-state index is -1.83. The largest absolute Gasteiger partial charge is 0.481 e. The zero-order valence-electron chi connectivity index (χ0n) is 40.1. The minimum absolute atomic E-state index is 0.183. The first kappa shape index (κ1) is 64.3. The second-order valence-corrected chi connectivity index (χ2v) is 18.2. The molecule has 0 saturated carbocycles. The maximum atomic E-state index is 14.6. The Bertz CT molecular complexity index is 1570. The summed E-state index contributed by atoms with van der Waals surface area (Å²) in [6.45, 7) is 1.83. The highest BCUT2D eigenvalue weighted by Crippen LogP contribution is 2.40. The maximum Gasteiger partial charge on any atom is 0.303 e. The number of Topliss-reactive ketones (excluding diaryl/α,β-unsaturated/α-hetero) is 1. The number of carbonyl (C=O) groups excluding carboxylic acids is 4. The Morgan fingerprint density at radius 1 is 0.282 bits per heavy atom. The number of ketones is 1. The molecule has 71 heavy (non-hydrogen) atoms. The molecular weight excluding hydrogens is 947 g/mol. The van der Waals surface area contributed by atoms with Crippen molar-refractivity contribution in [3.05, 3.63) is 0 Å². The molecule has 12 N–H and O–H groups in total. The van der Waals surface area contributed by atoms with Gasteiger partial charge in [-0.05, 0) is 83.5 Å². The number of carboxylic acids is 9. The Balaban J connectivity index is 7.68. The molecule has 0 aromatic carbocycles. The molecule has 402 valence electrons. The van der Waals surface area contributed by atoms with Crippen LogP contribution in [0.2, 0.25) is 0 Å². The fourth-order valence-corrected chi connectivity index (χ4v) is 8.53. The predicted octanol–water partition coefficient (Wildman–Crippen LogP) is 3.81. The van der Waals surface area contributed by atoms with E-state index in [-0.39, 0.29) is 12.8 Å². The van der Waals surface area contributed by atoms with Gasteiger partial charge in [-0.25, -0.2) is 0 Å². The molecule has 25 heteroatoms. The molecular formula is C46H71N3O22. The summed E-state index contributed by atoms with van der Waals surface area (Å²) in [5, 5.41) is 93.3. The quantitative estimate of drug-likeness (QED) is 0.0386. The third-order valence-corrected chi connectivity index (χ3v) is 12.7. The molecule has 0 aromatic heterocycles. The van der Waals surface area contributed by atoms with E-state index in [0.717, 1.165) is 0 Å². The average molecular weight is 1020 g/mol. The van der Waals surface area contributed by atoms with Crippen molar-refractivity contribution < 1.29 is 108 Å². The van der Waals surface area contributed by atoms with E-state index >= 15 is 0 Å². The van der Waals surface area contributed by atoms with E-state index in [1.807, 2.05) is 6.92 Å². The third-order valence-electron chi connectivity index (χ3n) is 12.7. The highest BCUT2D eigenvalue weighted by Gasteiger charge is 2.42. The first-order chi connectivity index (χ1) is 33.0. The van der Waals surface area contributed by atoms with Gasteiger partial charge in [-0.1, -0.05) is 19.8 Å². The van der Waals surface area contributed by atoms with Crippen molar-refractivity contribution in [3.8, 4) is 0 Å². The molecule has 0 aliphatic rings. The molecule has 0 bridgehead atoms. The van der Waals surface area contributed by atoms with Crippen LogP contribution in [0.4, 0.5) is 0 Å². The van der Waals surface area contributed by atoms with Crippen LogP contribution < -0.4 is 16.0 Å². The molecule has 0 fully saturated rings. The van der Waals surface area contributed by atoms with Crippen LogP contribution in [0.1, 0.15) is 187 Å². The predicted molar refractivity (Wildman–Crippen MR) is 244 cm³/mol. The van der Waals surface area contributed by atoms with Crippen molar-refractivity contribution in [2.45, 2.75) is 203 Å². The number of nitrogens with one attached hydrogen (secondary N) is 3. The maximum absolute atomic E-state index is 14.6. The number of rotatable bonds is 44. The normalized spacial score (nSPS) is 11.7. The minimum Gasteiger partial charge on any atom is -0.481 e. The van der Waals surface area contributed by atoms with Gasteiger partial charge in [0.25, 0.3) is 0 Å². The van der Waals surface area contributed by atoms with Crippen LogP contribution >= 0.6 is 0 Å². The summed E-state index contributed by atoms with van der Waals surface area (Å²) in [6.07, 6.45) is -11.3. The van der Waals surface area contributed by atoms with Gasteiger partial charge in [0.2, 0.25) is 17.7 Å². The summed E-state index contributed by atoms with van der Waals surface area (Å²) >= 11 is 0. The van der Waals surface area contributed by atoms with Crippen LogP contribution in [0.25, 0.3) is 0 Å². The SMILES string of the molecule is CCCCCC(=O)C(CCC(=O)NC(CCC(=O)O)(CCC(=O)O)CCC(=O)O)(CCC(=O)NC(CCC(=O)O)(CCC(=O)O)CCC(=O)O)CCC(=O)NC(CCC(=O)O)(CCC(=O)O)CCC(=O)O. The Hall–Kier alpha value is -6.69. The molecule has 3 amide bonds. The molecule has 0 unspecified atom stereocenters. The van der Waals surface area contributed by atoms with Crippen molar-refractivity contribution in [2.24, 2.45) is 5.41 Å². The van der Waals surface area contributed by atoms with E-state index in [9.17, 15) is 108 Å². The number of aliphatic carboxylic acids is 9. The molecule has 0 saturated heterocycles. The Kier molecular flexibility index (Phi) is 29.2. The molecule has 0 aromatic rings. The summed E-state index contributed by atoms with van der Waals surface area (Å²) in [5.74, 6) is -15.4. The van der Waals surface area contributed by atoms with E-state index in [0.29, 0.717) is 12.8 Å². The third kappa shape index (κ3) is 28.5. The van der Waals surface area contributed by atoms with Gasteiger partial charge >= 0.3 is 53.7 Å². The lowest BCUT2D eigenvalue weighted by Crippen LogP contribution is -2.51. The van der Waals surface area contributed by atoms with Crippen molar-refractivity contribution in [1.29, 1.82) is 0 Å². The van der Waals surface area contributed by atoms with Gasteiger partial charge in [-0.15, -0.1) is 0 Å². The van der Waals surface area contributed by atoms with Crippen LogP contribution in [-0.2, 0) is 62.3 Å². The fourth-order valence-electron chi connectivity index (χ4n) is 8.53. The standard InChI is InChI=1S/C46H71N3O22/c1-2-3-4-5-30(50)43(18-6-31(51)47-44(21-9-34(54)55,22-10-35(56)57)23-11-36(58)59,19-7-32(52)48-45(24-12-37(60)61,25-13-38(62)63)26-14-39(64)65)20-8-33(53)49-46(27-15-40(66)67,28-16-41(68)69)29-17-42(70)71/h2-29H2,1H3,(H,47,51)(H,48,52)(H,49,53)(H,54,55)(H,56,57)(H,58,59)(H,60,61)(H,62,63)(H,64,65)(H,66,67)(H,68,69)(H,70,71). The highest BCUT2D eigenvalue weighted by molar-refractivity contribution is 5.88. The molecule has 25 nitrogen and oxygen atoms in total. The second-order valence-electron chi connectivity index (χ2n) is 18.2. The second kappa shape index (κ2) is 32.2. The topological polar surface area (TPSA) is 440 Å². The van der Waals surface area contributed by atoms with E-state index in [2.05, 4.69) is 16.0 Å². The number of hydrogen-bond acceptors (Lipinski definition) is 13. The lowest BCUT2D eigenvalue weighted by molar-refractivity contribution is -0.141. The first-order valence-electron chi connectivity index (χ1n) is 23.5. The summed E-state index contributed by atoms with van der Waals surface area (Å²) in [6, 6.07) is 0. The van der Waals surface area contributed by atoms with E-state index in [1.165, 1.54) is 0 Å². The van der Waals surface area contributed by atoms with Crippen molar-refractivity contribution in [1.82, 2.24) is 16.0 Å². The first-order valence-corrected chi connectivity index (χ1v) is 23.5. The molecule has 0 spiro atoms. The van der Waals surface area contributed by atoms with Crippen molar-refractivity contribution in [2.75, 3.05) is 0 Å². The van der Waals surface area contributed by atoms with Gasteiger partial charge in [-0.3, -0.25) is 62.3 Å². The molecule has 0 radical (unpaired) electrons. The van der Waals surface area contributed by atoms with Crippen LogP contribution in [0, 0.1) is 5.41 Å². The molecule has 0 heterocycles. The lowest BCUT2D eigenvalue weighted by Gasteiger charge is -2.38. The van der Waals surface area contributed by atoms with Gasteiger partial charge in [0.1, 0.15) is 5.78 Å². The summed E-state index contributed by atoms with van der Waals surface area (Å²) in [5.41, 5.74) is -6.92. The fraction of sp³-hybridized carbons (Fsp3) is 0.717. The number of amides is 3. The van der Waals surface area contributed by atoms with Gasteiger partial charge < -0.3 is 61.9 Å². The Labute approximate surface area is 409 Å². The van der Waals surface area contributed by atoms with Crippen LogP contribution in [0.5, 0.6) is 0 Å². The molecule has 0 aliphatic heterocycles. The van der Waals surface area contributed by atoms with Gasteiger partial charge in [0.05, 0.1) is 0 Å². The lowest BCUT2D eigenvalue weighted by atomic mass is 9.70. The van der Waals surface area contributed by atoms with Gasteiger partial charge in [-0.2, -0.15) is 0 Å². The summed E-state index contributed by atoms with van der Waals surface area (Å²) in [4.78, 5) is 162. The highest BCUT2D eigenvalue weighted by atomic mass is 16.4. The Morgan fingerprint density at radius 3 is 0.648 bits per heavy atom. The summed E-state index contributed by atoms with van der Waals surface area (Å²) < 4.78 is 0. The Morgan fingerprint density at radius 2 is 0.479 bits per heavy atom. The van der Waals surface area contributed by atoms with E-state index in [1.54, 1.807) is 0 Å². The number of carboxylic acid groups (broad SMARTS) is 9. The van der Waals surface area contributed by atoms with Crippen LogP contribution in [0.3, 0.4) is 0 Å². The zero-order valence-corrected chi connectivity index (χ0v) is 40.1. The van der Waals surface area contributed by atoms with E-state index < -0.39 is 253 Å². The number of carbonyl (C=O) groups is 13. The smallest absolute Gasteiger partial charge is 0.303 e. The van der Waals surface area contributed by atoms with E-state index in [4.69, 9.17) is 0 Å². The van der Waals surface area contributed by atoms with Crippen molar-refractivity contribution >= 4 is 77.2 Å². The zero-order chi connectivity index (χ0) is 54.4. The summed E-state index contributed by atoms with van der Waals surface area (Å²) in [7, 11) is 0. The average Bonchev–Trinajstić information content (AvgIpc) is 3.27. The molecule has 0 aliphatic carbocycles. The number of hydrogen-bond donors (Lipinski definition) is 12. The van der Waals surface area contributed by atoms with Crippen molar-refractivity contribution in [3.63, 3.8) is 0 Å². The number of unbranched alkanes of at least 4 members (excludes halogenated alkanes) is 2. The van der Waals surface area contributed by atoms with Gasteiger partial charge in [0, 0.05) is 106 Å².